The number of amides is 1. The van der Waals surface area contributed by atoms with Crippen LogP contribution in [0, 0.1) is 23.2 Å². The molecule has 1 heterocycles. The maximum Gasteiger partial charge on any atom is 0.256 e. The molecule has 1 amide bonds. The Morgan fingerprint density at radius 1 is 1.43 bits per heavy atom. The van der Waals surface area contributed by atoms with Gasteiger partial charge in [-0.05, 0) is 24.3 Å². The number of hydrogen-bond acceptors (Lipinski definition) is 4. The smallest absolute Gasteiger partial charge is 0.256 e. The summed E-state index contributed by atoms with van der Waals surface area (Å²) in [4.78, 5) is 13.0. The predicted octanol–water partition coefficient (Wildman–Crippen LogP) is 2.94. The Morgan fingerprint density at radius 3 is 2.95 bits per heavy atom. The van der Waals surface area contributed by atoms with Crippen molar-refractivity contribution in [2.24, 2.45) is 5.73 Å². The number of anilines is 1. The van der Waals surface area contributed by atoms with Crippen molar-refractivity contribution >= 4 is 38.9 Å². The molecule has 0 atom stereocenters. The molecule has 0 bridgehead atoms. The molecule has 0 saturated carbocycles. The molecule has 0 aliphatic carbocycles. The van der Waals surface area contributed by atoms with Crippen LogP contribution in [-0.2, 0) is 0 Å². The van der Waals surface area contributed by atoms with Crippen molar-refractivity contribution in [1.82, 2.24) is 0 Å². The fourth-order valence-corrected chi connectivity index (χ4v) is 2.69. The van der Waals surface area contributed by atoms with E-state index in [1.807, 2.05) is 6.07 Å². The van der Waals surface area contributed by atoms with Gasteiger partial charge in [0.1, 0.15) is 6.07 Å². The summed E-state index contributed by atoms with van der Waals surface area (Å²) in [6, 6.07) is 8.83. The zero-order valence-electron chi connectivity index (χ0n) is 10.8. The highest BCUT2D eigenvalue weighted by atomic mass is 79.9. The first kappa shape index (κ1) is 15.3. The second-order valence-electron chi connectivity index (χ2n) is 3.96. The number of carbonyl (C=O) groups excluding carboxylic acids is 1. The molecule has 3 N–H and O–H groups in total. The van der Waals surface area contributed by atoms with Crippen molar-refractivity contribution in [3.63, 3.8) is 0 Å². The Kier molecular flexibility index (Phi) is 5.13. The average molecular weight is 360 g/mol. The van der Waals surface area contributed by atoms with Gasteiger partial charge in [0, 0.05) is 9.85 Å². The van der Waals surface area contributed by atoms with Gasteiger partial charge in [-0.3, -0.25) is 4.79 Å². The van der Waals surface area contributed by atoms with E-state index in [2.05, 4.69) is 33.1 Å². The Balaban J connectivity index is 2.20. The summed E-state index contributed by atoms with van der Waals surface area (Å²) >= 11 is 4.69. The number of nitrogens with zero attached hydrogens (tertiary/aromatic N) is 1. The molecule has 21 heavy (non-hydrogen) atoms. The normalized spacial score (nSPS) is 9.38. The van der Waals surface area contributed by atoms with E-state index in [9.17, 15) is 4.79 Å². The third-order valence-corrected chi connectivity index (χ3v) is 3.86. The van der Waals surface area contributed by atoms with E-state index in [1.54, 1.807) is 29.6 Å². The van der Waals surface area contributed by atoms with Crippen molar-refractivity contribution in [2.75, 3.05) is 11.9 Å². The molecule has 2 aromatic rings. The van der Waals surface area contributed by atoms with Crippen LogP contribution in [0.1, 0.15) is 20.8 Å². The molecular weight excluding hydrogens is 350 g/mol. The minimum absolute atomic E-state index is 0.276. The van der Waals surface area contributed by atoms with Gasteiger partial charge in [-0.25, -0.2) is 0 Å². The standard InChI is InChI=1S/C15H10BrN3OS/c16-12-4-3-10(8-18)14(7-12)19-15(20)11-6-13(21-9-11)2-1-5-17/h3-4,6-7,9H,5,17H2,(H,19,20). The van der Waals surface area contributed by atoms with Crippen molar-refractivity contribution in [2.45, 2.75) is 0 Å². The van der Waals surface area contributed by atoms with Gasteiger partial charge in [0.25, 0.3) is 5.91 Å². The SMILES string of the molecule is N#Cc1ccc(Br)cc1NC(=O)c1csc(C#CCN)c1. The van der Waals surface area contributed by atoms with E-state index in [0.29, 0.717) is 16.8 Å². The van der Waals surface area contributed by atoms with E-state index >= 15 is 0 Å². The molecule has 0 spiro atoms. The van der Waals surface area contributed by atoms with Gasteiger partial charge >= 0.3 is 0 Å². The van der Waals surface area contributed by atoms with Crippen LogP contribution in [-0.4, -0.2) is 12.5 Å². The number of carbonyl (C=O) groups is 1. The van der Waals surface area contributed by atoms with Gasteiger partial charge in [-0.15, -0.1) is 11.3 Å². The summed E-state index contributed by atoms with van der Waals surface area (Å²) in [7, 11) is 0. The molecular formula is C15H10BrN3OS. The van der Waals surface area contributed by atoms with Crippen LogP contribution in [0.3, 0.4) is 0 Å². The monoisotopic (exact) mass is 359 g/mol. The molecule has 1 aromatic carbocycles. The molecule has 6 heteroatoms. The van der Waals surface area contributed by atoms with Crippen LogP contribution in [0.2, 0.25) is 0 Å². The molecule has 0 saturated heterocycles. The average Bonchev–Trinajstić information content (AvgIpc) is 2.94. The van der Waals surface area contributed by atoms with Crippen LogP contribution < -0.4 is 11.1 Å². The fraction of sp³-hybridized carbons (Fsp3) is 0.0667. The molecule has 0 fully saturated rings. The Bertz CT molecular complexity index is 780. The number of hydrogen-bond donors (Lipinski definition) is 2. The fourth-order valence-electron chi connectivity index (χ4n) is 1.57. The van der Waals surface area contributed by atoms with E-state index in [4.69, 9.17) is 11.0 Å². The van der Waals surface area contributed by atoms with Crippen LogP contribution in [0.25, 0.3) is 0 Å². The minimum Gasteiger partial charge on any atom is -0.321 e. The zero-order chi connectivity index (χ0) is 15.2. The van der Waals surface area contributed by atoms with Gasteiger partial charge in [0.05, 0.1) is 28.2 Å². The summed E-state index contributed by atoms with van der Waals surface area (Å²) in [5, 5.41) is 13.5. The Hall–Kier alpha value is -2.12. The first-order valence-corrected chi connectivity index (χ1v) is 7.60. The highest BCUT2D eigenvalue weighted by Crippen LogP contribution is 2.22. The number of halogens is 1. The molecule has 0 unspecified atom stereocenters. The van der Waals surface area contributed by atoms with Gasteiger partial charge < -0.3 is 11.1 Å². The van der Waals surface area contributed by atoms with Crippen molar-refractivity contribution in [3.05, 3.63) is 50.1 Å². The molecule has 2 rings (SSSR count). The lowest BCUT2D eigenvalue weighted by atomic mass is 10.2. The van der Waals surface area contributed by atoms with E-state index in [1.165, 1.54) is 11.3 Å². The van der Waals surface area contributed by atoms with Gasteiger partial charge in [0.2, 0.25) is 0 Å². The maximum atomic E-state index is 12.2. The van der Waals surface area contributed by atoms with Crippen LogP contribution in [0.5, 0.6) is 0 Å². The zero-order valence-corrected chi connectivity index (χ0v) is 13.2. The van der Waals surface area contributed by atoms with Crippen LogP contribution >= 0.6 is 27.3 Å². The maximum absolute atomic E-state index is 12.2. The molecule has 1 aromatic heterocycles. The first-order valence-electron chi connectivity index (χ1n) is 5.92. The van der Waals surface area contributed by atoms with Gasteiger partial charge in [-0.1, -0.05) is 27.8 Å². The third kappa shape index (κ3) is 3.93. The number of nitrogens with two attached hydrogens (primary N) is 1. The van der Waals surface area contributed by atoms with Crippen molar-refractivity contribution < 1.29 is 4.79 Å². The summed E-state index contributed by atoms with van der Waals surface area (Å²) in [5.41, 5.74) is 6.69. The number of rotatable bonds is 2. The third-order valence-electron chi connectivity index (χ3n) is 2.53. The lowest BCUT2D eigenvalue weighted by molar-refractivity contribution is 0.102. The summed E-state index contributed by atoms with van der Waals surface area (Å²) in [5.74, 6) is 5.34. The predicted molar refractivity (Wildman–Crippen MR) is 87.1 cm³/mol. The van der Waals surface area contributed by atoms with Gasteiger partial charge in [-0.2, -0.15) is 5.26 Å². The summed E-state index contributed by atoms with van der Waals surface area (Å²) in [6.45, 7) is 0.281. The van der Waals surface area contributed by atoms with Crippen LogP contribution in [0.15, 0.2) is 34.1 Å². The summed E-state index contributed by atoms with van der Waals surface area (Å²) < 4.78 is 0.789. The lowest BCUT2D eigenvalue weighted by Crippen LogP contribution is -2.11. The van der Waals surface area contributed by atoms with Crippen molar-refractivity contribution in [1.29, 1.82) is 5.26 Å². The molecule has 0 aliphatic rings. The van der Waals surface area contributed by atoms with Crippen LogP contribution in [0.4, 0.5) is 5.69 Å². The topological polar surface area (TPSA) is 78.9 Å². The second-order valence-corrected chi connectivity index (χ2v) is 5.79. The quantitative estimate of drug-likeness (QED) is 0.809. The lowest BCUT2D eigenvalue weighted by Gasteiger charge is -2.06. The highest BCUT2D eigenvalue weighted by molar-refractivity contribution is 9.10. The Labute approximate surface area is 134 Å². The molecule has 4 nitrogen and oxygen atoms in total. The van der Waals surface area contributed by atoms with E-state index in [0.717, 1.165) is 9.35 Å². The largest absolute Gasteiger partial charge is 0.321 e. The molecule has 104 valence electrons. The second kappa shape index (κ2) is 7.05. The number of thiophene rings is 1. The number of benzene rings is 1. The minimum atomic E-state index is -0.276. The first-order chi connectivity index (χ1) is 10.1. The van der Waals surface area contributed by atoms with Crippen molar-refractivity contribution in [3.8, 4) is 17.9 Å². The van der Waals surface area contributed by atoms with Gasteiger partial charge in [0.15, 0.2) is 0 Å². The molecule has 0 radical (unpaired) electrons. The number of nitrogens with one attached hydrogen (secondary N) is 1. The highest BCUT2D eigenvalue weighted by Gasteiger charge is 2.11. The number of nitriles is 1. The Morgan fingerprint density at radius 2 is 2.24 bits per heavy atom. The van der Waals surface area contributed by atoms with E-state index < -0.39 is 0 Å². The molecule has 0 aliphatic heterocycles. The van der Waals surface area contributed by atoms with E-state index in [-0.39, 0.29) is 12.5 Å². The summed E-state index contributed by atoms with van der Waals surface area (Å²) in [6.07, 6.45) is 0.